The SMILES string of the molecule is CCn1ncc(Br)c1C(NC)c1ccc(C)nc1. The molecule has 2 heterocycles. The van der Waals surface area contributed by atoms with Crippen molar-refractivity contribution in [3.8, 4) is 0 Å². The molecule has 0 radical (unpaired) electrons. The minimum absolute atomic E-state index is 0.0925. The van der Waals surface area contributed by atoms with Crippen molar-refractivity contribution in [1.29, 1.82) is 0 Å². The molecule has 0 aliphatic heterocycles. The fourth-order valence-electron chi connectivity index (χ4n) is 2.02. The third-order valence-electron chi connectivity index (χ3n) is 2.96. The molecule has 18 heavy (non-hydrogen) atoms. The maximum atomic E-state index is 4.36. The van der Waals surface area contributed by atoms with Crippen LogP contribution in [0.2, 0.25) is 0 Å². The van der Waals surface area contributed by atoms with E-state index in [2.05, 4.69) is 44.3 Å². The fourth-order valence-corrected chi connectivity index (χ4v) is 2.55. The monoisotopic (exact) mass is 308 g/mol. The summed E-state index contributed by atoms with van der Waals surface area (Å²) in [5.41, 5.74) is 3.29. The number of rotatable bonds is 4. The summed E-state index contributed by atoms with van der Waals surface area (Å²) in [6.07, 6.45) is 3.75. The summed E-state index contributed by atoms with van der Waals surface area (Å²) < 4.78 is 3.01. The van der Waals surface area contributed by atoms with Crippen molar-refractivity contribution in [2.75, 3.05) is 7.05 Å². The van der Waals surface area contributed by atoms with E-state index in [4.69, 9.17) is 0 Å². The number of hydrogen-bond donors (Lipinski definition) is 1. The van der Waals surface area contributed by atoms with Gasteiger partial charge in [0.05, 0.1) is 22.4 Å². The first kappa shape index (κ1) is 13.2. The molecular weight excluding hydrogens is 292 g/mol. The molecule has 4 nitrogen and oxygen atoms in total. The summed E-state index contributed by atoms with van der Waals surface area (Å²) in [6.45, 7) is 4.92. The van der Waals surface area contributed by atoms with E-state index in [9.17, 15) is 0 Å². The van der Waals surface area contributed by atoms with Gasteiger partial charge in [0.2, 0.25) is 0 Å². The zero-order chi connectivity index (χ0) is 13.1. The van der Waals surface area contributed by atoms with Crippen LogP contribution >= 0.6 is 15.9 Å². The Morgan fingerprint density at radius 3 is 2.72 bits per heavy atom. The molecular formula is C13H17BrN4. The van der Waals surface area contributed by atoms with Crippen LogP contribution in [0.15, 0.2) is 29.0 Å². The molecule has 1 N–H and O–H groups in total. The molecule has 0 fully saturated rings. The highest BCUT2D eigenvalue weighted by Crippen LogP contribution is 2.28. The number of halogens is 1. The zero-order valence-electron chi connectivity index (χ0n) is 10.8. The average Bonchev–Trinajstić information content (AvgIpc) is 2.74. The summed E-state index contributed by atoms with van der Waals surface area (Å²) in [5, 5.41) is 7.68. The van der Waals surface area contributed by atoms with Crippen LogP contribution in [-0.2, 0) is 6.54 Å². The van der Waals surface area contributed by atoms with Crippen molar-refractivity contribution in [1.82, 2.24) is 20.1 Å². The Labute approximate surface area is 116 Å². The Morgan fingerprint density at radius 1 is 1.39 bits per heavy atom. The first-order chi connectivity index (χ1) is 8.67. The highest BCUT2D eigenvalue weighted by atomic mass is 79.9. The Kier molecular flexibility index (Phi) is 4.14. The summed E-state index contributed by atoms with van der Waals surface area (Å²) in [7, 11) is 1.95. The second-order valence-electron chi connectivity index (χ2n) is 4.15. The molecule has 0 aliphatic carbocycles. The van der Waals surface area contributed by atoms with Crippen molar-refractivity contribution < 1.29 is 0 Å². The van der Waals surface area contributed by atoms with Gasteiger partial charge in [-0.1, -0.05) is 6.07 Å². The summed E-state index contributed by atoms with van der Waals surface area (Å²) in [4.78, 5) is 4.36. The first-order valence-corrected chi connectivity index (χ1v) is 6.77. The Hall–Kier alpha value is -1.20. The largest absolute Gasteiger partial charge is 0.308 e. The zero-order valence-corrected chi connectivity index (χ0v) is 12.4. The third-order valence-corrected chi connectivity index (χ3v) is 3.57. The quantitative estimate of drug-likeness (QED) is 0.944. The molecule has 2 rings (SSSR count). The molecule has 0 spiro atoms. The van der Waals surface area contributed by atoms with Gasteiger partial charge in [-0.2, -0.15) is 5.10 Å². The molecule has 0 bridgehead atoms. The number of nitrogens with one attached hydrogen (secondary N) is 1. The number of hydrogen-bond acceptors (Lipinski definition) is 3. The summed E-state index contributed by atoms with van der Waals surface area (Å²) in [6, 6.07) is 4.22. The van der Waals surface area contributed by atoms with Gasteiger partial charge in [0, 0.05) is 18.4 Å². The predicted octanol–water partition coefficient (Wildman–Crippen LogP) is 2.68. The third kappa shape index (κ3) is 2.47. The number of aryl methyl sites for hydroxylation is 2. The van der Waals surface area contributed by atoms with Gasteiger partial charge in [0.1, 0.15) is 0 Å². The molecule has 2 aromatic heterocycles. The Balaban J connectivity index is 2.44. The summed E-state index contributed by atoms with van der Waals surface area (Å²) in [5.74, 6) is 0. The van der Waals surface area contributed by atoms with Gasteiger partial charge in [-0.05, 0) is 48.5 Å². The predicted molar refractivity (Wildman–Crippen MR) is 75.5 cm³/mol. The van der Waals surface area contributed by atoms with Gasteiger partial charge in [0.15, 0.2) is 0 Å². The van der Waals surface area contributed by atoms with Crippen molar-refractivity contribution >= 4 is 15.9 Å². The second-order valence-corrected chi connectivity index (χ2v) is 5.00. The maximum absolute atomic E-state index is 4.36. The number of aromatic nitrogens is 3. The molecule has 0 saturated carbocycles. The van der Waals surface area contributed by atoms with Gasteiger partial charge in [-0.25, -0.2) is 0 Å². The van der Waals surface area contributed by atoms with E-state index in [1.807, 2.05) is 37.1 Å². The van der Waals surface area contributed by atoms with Crippen LogP contribution in [0.4, 0.5) is 0 Å². The van der Waals surface area contributed by atoms with Crippen LogP contribution in [-0.4, -0.2) is 21.8 Å². The van der Waals surface area contributed by atoms with E-state index in [0.29, 0.717) is 0 Å². The normalized spacial score (nSPS) is 12.7. The van der Waals surface area contributed by atoms with Gasteiger partial charge < -0.3 is 5.32 Å². The van der Waals surface area contributed by atoms with E-state index >= 15 is 0 Å². The fraction of sp³-hybridized carbons (Fsp3) is 0.385. The van der Waals surface area contributed by atoms with Crippen LogP contribution in [0.1, 0.15) is 29.9 Å². The minimum atomic E-state index is 0.0925. The molecule has 0 saturated heterocycles. The van der Waals surface area contributed by atoms with Crippen molar-refractivity contribution in [2.24, 2.45) is 0 Å². The highest BCUT2D eigenvalue weighted by Gasteiger charge is 2.20. The van der Waals surface area contributed by atoms with Crippen LogP contribution in [0.5, 0.6) is 0 Å². The molecule has 2 aromatic rings. The molecule has 0 amide bonds. The van der Waals surface area contributed by atoms with E-state index in [-0.39, 0.29) is 6.04 Å². The Bertz CT molecular complexity index is 518. The van der Waals surface area contributed by atoms with Gasteiger partial charge in [0.25, 0.3) is 0 Å². The Morgan fingerprint density at radius 2 is 2.17 bits per heavy atom. The maximum Gasteiger partial charge on any atom is 0.0772 e. The lowest BCUT2D eigenvalue weighted by Gasteiger charge is -2.18. The van der Waals surface area contributed by atoms with Crippen LogP contribution in [0.25, 0.3) is 0 Å². The number of pyridine rings is 1. The standard InChI is InChI=1S/C13H17BrN4/c1-4-18-13(11(14)8-17-18)12(15-3)10-6-5-9(2)16-7-10/h5-8,12,15H,4H2,1-3H3. The molecule has 1 unspecified atom stereocenters. The van der Waals surface area contributed by atoms with Crippen molar-refractivity contribution in [2.45, 2.75) is 26.4 Å². The van der Waals surface area contributed by atoms with Crippen molar-refractivity contribution in [3.63, 3.8) is 0 Å². The van der Waals surface area contributed by atoms with E-state index in [1.165, 1.54) is 0 Å². The van der Waals surface area contributed by atoms with E-state index in [1.54, 1.807) is 0 Å². The summed E-state index contributed by atoms with van der Waals surface area (Å²) >= 11 is 3.57. The van der Waals surface area contributed by atoms with Crippen molar-refractivity contribution in [3.05, 3.63) is 46.0 Å². The molecule has 1 atom stereocenters. The lowest BCUT2D eigenvalue weighted by atomic mass is 10.1. The average molecular weight is 309 g/mol. The second kappa shape index (κ2) is 5.63. The number of nitrogens with zero attached hydrogens (tertiary/aromatic N) is 3. The minimum Gasteiger partial charge on any atom is -0.308 e. The van der Waals surface area contributed by atoms with Crippen LogP contribution in [0, 0.1) is 6.92 Å². The molecule has 5 heteroatoms. The topological polar surface area (TPSA) is 42.7 Å². The molecule has 0 aliphatic rings. The lowest BCUT2D eigenvalue weighted by Crippen LogP contribution is -2.22. The molecule has 0 aromatic carbocycles. The lowest BCUT2D eigenvalue weighted by molar-refractivity contribution is 0.560. The highest BCUT2D eigenvalue weighted by molar-refractivity contribution is 9.10. The van der Waals surface area contributed by atoms with Crippen LogP contribution < -0.4 is 5.32 Å². The van der Waals surface area contributed by atoms with Gasteiger partial charge in [-0.15, -0.1) is 0 Å². The first-order valence-electron chi connectivity index (χ1n) is 5.98. The van der Waals surface area contributed by atoms with E-state index < -0.39 is 0 Å². The van der Waals surface area contributed by atoms with Gasteiger partial charge in [-0.3, -0.25) is 9.67 Å². The molecule has 96 valence electrons. The van der Waals surface area contributed by atoms with Gasteiger partial charge >= 0.3 is 0 Å². The van der Waals surface area contributed by atoms with E-state index in [0.717, 1.165) is 28.0 Å². The smallest absolute Gasteiger partial charge is 0.0772 e. The van der Waals surface area contributed by atoms with Crippen LogP contribution in [0.3, 0.4) is 0 Å².